The minimum atomic E-state index is -0.942. The average molecular weight is 265 g/mol. The number of nitrogens with zero attached hydrogens (tertiary/aromatic N) is 2. The summed E-state index contributed by atoms with van der Waals surface area (Å²) in [7, 11) is 0. The average Bonchev–Trinajstić information content (AvgIpc) is 2.82. The second-order valence-corrected chi connectivity index (χ2v) is 4.13. The summed E-state index contributed by atoms with van der Waals surface area (Å²) in [6.07, 6.45) is 3.92. The number of carbonyl (C=O) groups excluding carboxylic acids is 1. The van der Waals surface area contributed by atoms with Crippen molar-refractivity contribution in [1.29, 1.82) is 0 Å². The van der Waals surface area contributed by atoms with Crippen LogP contribution in [0.4, 0.5) is 14.5 Å². The van der Waals surface area contributed by atoms with E-state index in [0.29, 0.717) is 12.6 Å². The lowest BCUT2D eigenvalue weighted by Gasteiger charge is -2.07. The predicted octanol–water partition coefficient (Wildman–Crippen LogP) is 2.38. The van der Waals surface area contributed by atoms with Crippen molar-refractivity contribution >= 4 is 11.5 Å². The number of hydrogen-bond donors (Lipinski definition) is 1. The summed E-state index contributed by atoms with van der Waals surface area (Å²) >= 11 is 0. The minimum absolute atomic E-state index is 0.117. The Bertz CT molecular complexity index is 622. The quantitative estimate of drug-likeness (QED) is 0.682. The Labute approximate surface area is 108 Å². The first-order valence-electron chi connectivity index (χ1n) is 5.85. The number of rotatable bonds is 4. The van der Waals surface area contributed by atoms with Crippen LogP contribution in [-0.2, 0) is 6.54 Å². The molecule has 0 saturated heterocycles. The lowest BCUT2D eigenvalue weighted by Crippen LogP contribution is -2.13. The molecule has 0 aliphatic heterocycles. The molecule has 6 heteroatoms. The van der Waals surface area contributed by atoms with Crippen LogP contribution in [0.15, 0.2) is 24.5 Å². The first kappa shape index (κ1) is 13.2. The van der Waals surface area contributed by atoms with Gasteiger partial charge in [-0.15, -0.1) is 0 Å². The zero-order chi connectivity index (χ0) is 14.0. The number of hydrogen-bond acceptors (Lipinski definition) is 3. The molecule has 1 heterocycles. The van der Waals surface area contributed by atoms with Gasteiger partial charge < -0.3 is 10.3 Å². The third kappa shape index (κ3) is 2.47. The lowest BCUT2D eigenvalue weighted by atomic mass is 10.1. The molecule has 1 aromatic heterocycles. The van der Waals surface area contributed by atoms with Crippen molar-refractivity contribution in [1.82, 2.24) is 9.55 Å². The molecule has 4 nitrogen and oxygen atoms in total. The third-order valence-corrected chi connectivity index (χ3v) is 2.71. The van der Waals surface area contributed by atoms with E-state index in [1.807, 2.05) is 6.92 Å². The number of anilines is 1. The fourth-order valence-corrected chi connectivity index (χ4v) is 1.80. The molecule has 0 aliphatic rings. The highest BCUT2D eigenvalue weighted by Gasteiger charge is 2.20. The van der Waals surface area contributed by atoms with Gasteiger partial charge in [-0.05, 0) is 12.5 Å². The molecule has 0 radical (unpaired) electrons. The van der Waals surface area contributed by atoms with E-state index < -0.39 is 17.4 Å². The van der Waals surface area contributed by atoms with Gasteiger partial charge in [0, 0.05) is 25.0 Å². The number of imidazole rings is 1. The van der Waals surface area contributed by atoms with E-state index in [4.69, 9.17) is 5.73 Å². The molecule has 2 rings (SSSR count). The van der Waals surface area contributed by atoms with Crippen LogP contribution in [0.1, 0.15) is 29.5 Å². The zero-order valence-corrected chi connectivity index (χ0v) is 10.4. The van der Waals surface area contributed by atoms with Gasteiger partial charge in [0.05, 0.1) is 11.3 Å². The van der Waals surface area contributed by atoms with Crippen LogP contribution in [0.5, 0.6) is 0 Å². The summed E-state index contributed by atoms with van der Waals surface area (Å²) in [5.74, 6) is -2.32. The van der Waals surface area contributed by atoms with Crippen molar-refractivity contribution in [3.05, 3.63) is 47.5 Å². The second kappa shape index (κ2) is 5.17. The van der Waals surface area contributed by atoms with Crippen LogP contribution >= 0.6 is 0 Å². The second-order valence-electron chi connectivity index (χ2n) is 4.13. The normalized spacial score (nSPS) is 10.7. The van der Waals surface area contributed by atoms with E-state index in [9.17, 15) is 13.6 Å². The molecule has 0 saturated carbocycles. The molecule has 2 aromatic rings. The molecule has 19 heavy (non-hydrogen) atoms. The Morgan fingerprint density at radius 1 is 1.37 bits per heavy atom. The molecule has 0 amide bonds. The third-order valence-electron chi connectivity index (χ3n) is 2.71. The van der Waals surface area contributed by atoms with E-state index in [1.54, 1.807) is 10.8 Å². The molecule has 0 unspecified atom stereocenters. The van der Waals surface area contributed by atoms with Crippen molar-refractivity contribution < 1.29 is 13.6 Å². The van der Waals surface area contributed by atoms with Gasteiger partial charge in [0.25, 0.3) is 0 Å². The predicted molar refractivity (Wildman–Crippen MR) is 66.7 cm³/mol. The summed E-state index contributed by atoms with van der Waals surface area (Å²) in [6.45, 7) is 2.55. The number of aryl methyl sites for hydroxylation is 1. The molecular weight excluding hydrogens is 252 g/mol. The van der Waals surface area contributed by atoms with Crippen molar-refractivity contribution in [3.8, 4) is 0 Å². The summed E-state index contributed by atoms with van der Waals surface area (Å²) in [4.78, 5) is 16.1. The molecule has 0 aliphatic carbocycles. The van der Waals surface area contributed by atoms with Crippen LogP contribution in [0.25, 0.3) is 0 Å². The van der Waals surface area contributed by atoms with E-state index in [0.717, 1.165) is 12.5 Å². The van der Waals surface area contributed by atoms with Gasteiger partial charge in [-0.25, -0.2) is 13.8 Å². The Balaban J connectivity index is 2.44. The molecule has 0 fully saturated rings. The maximum Gasteiger partial charge on any atom is 0.231 e. The first-order chi connectivity index (χ1) is 9.04. The highest BCUT2D eigenvalue weighted by Crippen LogP contribution is 2.19. The largest absolute Gasteiger partial charge is 0.396 e. The fourth-order valence-electron chi connectivity index (χ4n) is 1.80. The zero-order valence-electron chi connectivity index (χ0n) is 10.4. The van der Waals surface area contributed by atoms with Gasteiger partial charge >= 0.3 is 0 Å². The van der Waals surface area contributed by atoms with Gasteiger partial charge in [-0.2, -0.15) is 0 Å². The molecule has 0 atom stereocenters. The maximum absolute atomic E-state index is 13.6. The van der Waals surface area contributed by atoms with Crippen molar-refractivity contribution in [2.45, 2.75) is 19.9 Å². The first-order valence-corrected chi connectivity index (χ1v) is 5.85. The Morgan fingerprint density at radius 2 is 2.11 bits per heavy atom. The van der Waals surface area contributed by atoms with Gasteiger partial charge in [-0.3, -0.25) is 4.79 Å². The van der Waals surface area contributed by atoms with E-state index in [1.165, 1.54) is 6.20 Å². The summed E-state index contributed by atoms with van der Waals surface area (Å²) in [5.41, 5.74) is 4.82. The van der Waals surface area contributed by atoms with E-state index in [2.05, 4.69) is 4.98 Å². The molecule has 0 bridgehead atoms. The lowest BCUT2D eigenvalue weighted by molar-refractivity contribution is 0.102. The monoisotopic (exact) mass is 265 g/mol. The fraction of sp³-hybridized carbons (Fsp3) is 0.231. The van der Waals surface area contributed by atoms with Crippen molar-refractivity contribution in [2.75, 3.05) is 5.73 Å². The number of nitrogen functional groups attached to an aromatic ring is 1. The van der Waals surface area contributed by atoms with Gasteiger partial charge in [0.15, 0.2) is 5.82 Å². The number of halogens is 2. The highest BCUT2D eigenvalue weighted by molar-refractivity contribution is 6.07. The van der Waals surface area contributed by atoms with Crippen molar-refractivity contribution in [2.24, 2.45) is 0 Å². The van der Waals surface area contributed by atoms with Crippen LogP contribution in [0.2, 0.25) is 0 Å². The molecule has 0 spiro atoms. The van der Waals surface area contributed by atoms with E-state index in [-0.39, 0.29) is 17.1 Å². The van der Waals surface area contributed by atoms with E-state index >= 15 is 0 Å². The topological polar surface area (TPSA) is 60.9 Å². The molecular formula is C13H13F2N3O. The molecule has 2 N–H and O–H groups in total. The smallest absolute Gasteiger partial charge is 0.231 e. The van der Waals surface area contributed by atoms with Gasteiger partial charge in [0.2, 0.25) is 5.78 Å². The Kier molecular flexibility index (Phi) is 3.59. The summed E-state index contributed by atoms with van der Waals surface area (Å²) < 4.78 is 28.3. The Morgan fingerprint density at radius 3 is 2.79 bits per heavy atom. The number of carbonyl (C=O) groups is 1. The SMILES string of the molecule is CCCn1ccnc1C(=O)c1cc(N)c(F)cc1F. The molecule has 1 aromatic carbocycles. The summed E-state index contributed by atoms with van der Waals surface area (Å²) in [5, 5.41) is 0. The number of ketones is 1. The van der Waals surface area contributed by atoms with Crippen LogP contribution < -0.4 is 5.73 Å². The van der Waals surface area contributed by atoms with Gasteiger partial charge in [0.1, 0.15) is 11.6 Å². The van der Waals surface area contributed by atoms with Crippen LogP contribution in [0, 0.1) is 11.6 Å². The highest BCUT2D eigenvalue weighted by atomic mass is 19.1. The number of benzene rings is 1. The van der Waals surface area contributed by atoms with Crippen LogP contribution in [0.3, 0.4) is 0 Å². The number of aromatic nitrogens is 2. The maximum atomic E-state index is 13.6. The standard InChI is InChI=1S/C13H13F2N3O/c1-2-4-18-5-3-17-13(18)12(19)8-6-11(16)10(15)7-9(8)14/h3,5-7H,2,4,16H2,1H3. The van der Waals surface area contributed by atoms with Crippen LogP contribution in [-0.4, -0.2) is 15.3 Å². The summed E-state index contributed by atoms with van der Waals surface area (Å²) in [6, 6.07) is 1.60. The minimum Gasteiger partial charge on any atom is -0.396 e. The van der Waals surface area contributed by atoms with Gasteiger partial charge in [-0.1, -0.05) is 6.92 Å². The Hall–Kier alpha value is -2.24. The molecule has 100 valence electrons. The van der Waals surface area contributed by atoms with Crippen molar-refractivity contribution in [3.63, 3.8) is 0 Å². The number of nitrogens with two attached hydrogens (primary N) is 1.